The van der Waals surface area contributed by atoms with Gasteiger partial charge in [-0.2, -0.15) is 11.8 Å². The Hall–Kier alpha value is -0.220. The summed E-state index contributed by atoms with van der Waals surface area (Å²) in [6, 6.07) is 0.406. The van der Waals surface area contributed by atoms with Crippen LogP contribution in [-0.4, -0.2) is 29.5 Å². The van der Waals surface area contributed by atoms with Crippen LogP contribution in [0.1, 0.15) is 44.9 Å². The molecule has 17 heavy (non-hydrogen) atoms. The van der Waals surface area contributed by atoms with Gasteiger partial charge in [-0.1, -0.05) is 12.8 Å². The van der Waals surface area contributed by atoms with E-state index in [-0.39, 0.29) is 18.0 Å². The number of rotatable bonds is 3. The maximum atomic E-state index is 12.0. The number of nitrogens with two attached hydrogens (primary N) is 1. The predicted molar refractivity (Wildman–Crippen MR) is 73.0 cm³/mol. The number of amides is 1. The van der Waals surface area contributed by atoms with E-state index in [1.54, 1.807) is 0 Å². The first kappa shape index (κ1) is 13.2. The second kappa shape index (κ2) is 6.64. The molecule has 0 unspecified atom stereocenters. The molecule has 0 spiro atoms. The van der Waals surface area contributed by atoms with E-state index < -0.39 is 0 Å². The smallest absolute Gasteiger partial charge is 0.220 e. The van der Waals surface area contributed by atoms with E-state index in [2.05, 4.69) is 5.32 Å². The molecule has 3 nitrogen and oxygen atoms in total. The highest BCUT2D eigenvalue weighted by atomic mass is 32.2. The average Bonchev–Trinajstić information content (AvgIpc) is 2.33. The predicted octanol–water partition coefficient (Wildman–Crippen LogP) is 1.91. The minimum Gasteiger partial charge on any atom is -0.352 e. The van der Waals surface area contributed by atoms with Gasteiger partial charge in [-0.3, -0.25) is 4.79 Å². The van der Waals surface area contributed by atoms with Gasteiger partial charge in [-0.05, 0) is 43.1 Å². The van der Waals surface area contributed by atoms with E-state index in [1.165, 1.54) is 37.2 Å². The molecule has 98 valence electrons. The number of hydrogen-bond acceptors (Lipinski definition) is 3. The Morgan fingerprint density at radius 2 is 1.88 bits per heavy atom. The van der Waals surface area contributed by atoms with Gasteiger partial charge in [0.15, 0.2) is 0 Å². The van der Waals surface area contributed by atoms with E-state index in [1.807, 2.05) is 11.8 Å². The van der Waals surface area contributed by atoms with Gasteiger partial charge in [0.05, 0.1) is 0 Å². The molecule has 1 saturated heterocycles. The van der Waals surface area contributed by atoms with Crippen molar-refractivity contribution in [2.45, 2.75) is 57.0 Å². The monoisotopic (exact) mass is 256 g/mol. The van der Waals surface area contributed by atoms with Crippen molar-refractivity contribution in [3.8, 4) is 0 Å². The van der Waals surface area contributed by atoms with Crippen LogP contribution in [0.4, 0.5) is 0 Å². The summed E-state index contributed by atoms with van der Waals surface area (Å²) in [5, 5.41) is 3.15. The minimum atomic E-state index is 0.176. The van der Waals surface area contributed by atoms with E-state index in [0.717, 1.165) is 12.8 Å². The molecule has 2 rings (SSSR count). The largest absolute Gasteiger partial charge is 0.352 e. The lowest BCUT2D eigenvalue weighted by molar-refractivity contribution is -0.123. The van der Waals surface area contributed by atoms with Crippen molar-refractivity contribution in [3.63, 3.8) is 0 Å². The first-order valence-corrected chi connectivity index (χ1v) is 8.04. The molecule has 1 heterocycles. The van der Waals surface area contributed by atoms with Crippen molar-refractivity contribution in [2.24, 2.45) is 11.7 Å². The van der Waals surface area contributed by atoms with Crippen LogP contribution in [0.2, 0.25) is 0 Å². The van der Waals surface area contributed by atoms with Crippen LogP contribution >= 0.6 is 11.8 Å². The van der Waals surface area contributed by atoms with Crippen LogP contribution < -0.4 is 11.1 Å². The van der Waals surface area contributed by atoms with E-state index in [0.29, 0.717) is 12.3 Å². The first-order valence-electron chi connectivity index (χ1n) is 6.88. The molecule has 2 fully saturated rings. The highest BCUT2D eigenvalue weighted by Crippen LogP contribution is 2.25. The van der Waals surface area contributed by atoms with Gasteiger partial charge in [0.1, 0.15) is 0 Å². The highest BCUT2D eigenvalue weighted by molar-refractivity contribution is 7.99. The van der Waals surface area contributed by atoms with Crippen molar-refractivity contribution in [1.82, 2.24) is 5.32 Å². The third kappa shape index (κ3) is 4.18. The van der Waals surface area contributed by atoms with Crippen LogP contribution in [0.5, 0.6) is 0 Å². The molecule has 2 aliphatic rings. The molecule has 1 aliphatic carbocycles. The summed E-state index contributed by atoms with van der Waals surface area (Å²) in [6.45, 7) is 0. The van der Waals surface area contributed by atoms with Gasteiger partial charge in [0.2, 0.25) is 5.91 Å². The molecule has 4 heteroatoms. The van der Waals surface area contributed by atoms with Crippen LogP contribution in [0.25, 0.3) is 0 Å². The van der Waals surface area contributed by atoms with Gasteiger partial charge < -0.3 is 11.1 Å². The summed E-state index contributed by atoms with van der Waals surface area (Å²) in [4.78, 5) is 12.0. The Kier molecular flexibility index (Phi) is 5.16. The lowest BCUT2D eigenvalue weighted by atomic mass is 9.90. The first-order chi connectivity index (χ1) is 8.25. The molecule has 0 aromatic carbocycles. The van der Waals surface area contributed by atoms with Crippen LogP contribution in [0.15, 0.2) is 0 Å². The summed E-state index contributed by atoms with van der Waals surface area (Å²) < 4.78 is 0. The van der Waals surface area contributed by atoms with E-state index >= 15 is 0 Å². The second-order valence-electron chi connectivity index (χ2n) is 5.38. The fourth-order valence-corrected chi connectivity index (χ4v) is 4.02. The Labute approximate surface area is 108 Å². The SMILES string of the molecule is N[C@@H]1CCCC[C@H]1NC(=O)CC1CCSCC1. The van der Waals surface area contributed by atoms with Crippen molar-refractivity contribution in [2.75, 3.05) is 11.5 Å². The second-order valence-corrected chi connectivity index (χ2v) is 6.61. The fraction of sp³-hybridized carbons (Fsp3) is 0.923. The summed E-state index contributed by atoms with van der Waals surface area (Å²) in [5.41, 5.74) is 6.04. The minimum absolute atomic E-state index is 0.176. The fourth-order valence-electron chi connectivity index (χ4n) is 2.82. The van der Waals surface area contributed by atoms with Crippen molar-refractivity contribution in [1.29, 1.82) is 0 Å². The summed E-state index contributed by atoms with van der Waals surface area (Å²) in [6.07, 6.45) is 7.66. The highest BCUT2D eigenvalue weighted by Gasteiger charge is 2.24. The topological polar surface area (TPSA) is 55.1 Å². The maximum absolute atomic E-state index is 12.0. The molecular formula is C13H24N2OS. The maximum Gasteiger partial charge on any atom is 0.220 e. The van der Waals surface area contributed by atoms with E-state index in [4.69, 9.17) is 5.73 Å². The molecule has 0 radical (unpaired) electrons. The number of carbonyl (C=O) groups excluding carboxylic acids is 1. The molecule has 1 aliphatic heterocycles. The Morgan fingerprint density at radius 3 is 2.59 bits per heavy atom. The van der Waals surface area contributed by atoms with Crippen molar-refractivity contribution >= 4 is 17.7 Å². The van der Waals surface area contributed by atoms with Gasteiger partial charge >= 0.3 is 0 Å². The zero-order chi connectivity index (χ0) is 12.1. The summed E-state index contributed by atoms with van der Waals surface area (Å²) in [7, 11) is 0. The Bertz CT molecular complexity index is 254. The Balaban J connectivity index is 1.72. The van der Waals surface area contributed by atoms with Gasteiger partial charge in [0, 0.05) is 18.5 Å². The molecule has 0 bridgehead atoms. The number of nitrogens with one attached hydrogen (secondary N) is 1. The standard InChI is InChI=1S/C13H24N2OS/c14-11-3-1-2-4-12(11)15-13(16)9-10-5-7-17-8-6-10/h10-12H,1-9,14H2,(H,15,16)/t11-,12-/m1/s1. The number of carbonyl (C=O) groups is 1. The molecule has 0 aromatic rings. The average molecular weight is 256 g/mol. The number of hydrogen-bond donors (Lipinski definition) is 2. The van der Waals surface area contributed by atoms with Crippen LogP contribution in [-0.2, 0) is 4.79 Å². The molecule has 1 amide bonds. The van der Waals surface area contributed by atoms with Gasteiger partial charge in [0.25, 0.3) is 0 Å². The molecule has 0 aromatic heterocycles. The molecule has 2 atom stereocenters. The third-order valence-electron chi connectivity index (χ3n) is 3.98. The lowest BCUT2D eigenvalue weighted by Gasteiger charge is -2.30. The van der Waals surface area contributed by atoms with E-state index in [9.17, 15) is 4.79 Å². The Morgan fingerprint density at radius 1 is 1.18 bits per heavy atom. The normalized spacial score (nSPS) is 31.1. The van der Waals surface area contributed by atoms with Crippen molar-refractivity contribution < 1.29 is 4.79 Å². The van der Waals surface area contributed by atoms with Gasteiger partial charge in [-0.25, -0.2) is 0 Å². The van der Waals surface area contributed by atoms with Gasteiger partial charge in [-0.15, -0.1) is 0 Å². The zero-order valence-corrected chi connectivity index (χ0v) is 11.3. The molecule has 1 saturated carbocycles. The summed E-state index contributed by atoms with van der Waals surface area (Å²) in [5.74, 6) is 3.28. The molecule has 3 N–H and O–H groups in total. The van der Waals surface area contributed by atoms with Crippen molar-refractivity contribution in [3.05, 3.63) is 0 Å². The number of thioether (sulfide) groups is 1. The molecular weight excluding hydrogens is 232 g/mol. The lowest BCUT2D eigenvalue weighted by Crippen LogP contribution is -2.49. The van der Waals surface area contributed by atoms with Crippen LogP contribution in [0, 0.1) is 5.92 Å². The zero-order valence-electron chi connectivity index (χ0n) is 10.5. The summed E-state index contributed by atoms with van der Waals surface area (Å²) >= 11 is 2.01. The van der Waals surface area contributed by atoms with Crippen LogP contribution in [0.3, 0.4) is 0 Å². The third-order valence-corrected chi connectivity index (χ3v) is 5.03. The quantitative estimate of drug-likeness (QED) is 0.811.